The van der Waals surface area contributed by atoms with Crippen molar-refractivity contribution in [3.8, 4) is 5.75 Å². The number of nitrogens with one attached hydrogen (secondary N) is 1. The maximum absolute atomic E-state index is 14.5. The molecule has 2 N–H and O–H groups in total. The average molecular weight is 647 g/mol. The van der Waals surface area contributed by atoms with Gasteiger partial charge in [0.05, 0.1) is 45.9 Å². The molecule has 0 atom stereocenters. The normalized spacial score (nSPS) is 23.4. The number of ketones is 1. The van der Waals surface area contributed by atoms with Crippen molar-refractivity contribution in [2.24, 2.45) is 10.8 Å². The number of carbonyl (C=O) groups excluding carboxylic acids is 2. The zero-order chi connectivity index (χ0) is 32.0. The SMILES string of the molecule is COc1cc(Cl)c(C(=O)CC2(NC(=O)c3cnn(C4CCC(C)(C(=O)O)CC4)c3C(F)(F)F)CCC(C)(C)CC2)c(Cl)c1. The third kappa shape index (κ3) is 6.98. The second kappa shape index (κ2) is 12.0. The second-order valence-corrected chi connectivity index (χ2v) is 13.7. The van der Waals surface area contributed by atoms with Gasteiger partial charge in [-0.05, 0) is 75.8 Å². The maximum Gasteiger partial charge on any atom is 0.433 e. The van der Waals surface area contributed by atoms with Gasteiger partial charge in [0.15, 0.2) is 11.5 Å². The molecule has 13 heteroatoms. The van der Waals surface area contributed by atoms with Gasteiger partial charge in [-0.2, -0.15) is 18.3 Å². The van der Waals surface area contributed by atoms with Crippen LogP contribution in [0.4, 0.5) is 13.2 Å². The molecule has 1 aromatic heterocycles. The molecule has 1 aromatic carbocycles. The van der Waals surface area contributed by atoms with Crippen molar-refractivity contribution in [1.29, 1.82) is 0 Å². The largest absolute Gasteiger partial charge is 0.497 e. The van der Waals surface area contributed by atoms with Gasteiger partial charge < -0.3 is 15.2 Å². The first-order valence-electron chi connectivity index (χ1n) is 14.2. The summed E-state index contributed by atoms with van der Waals surface area (Å²) in [5, 5.41) is 16.4. The summed E-state index contributed by atoms with van der Waals surface area (Å²) >= 11 is 12.7. The molecule has 1 amide bonds. The van der Waals surface area contributed by atoms with E-state index in [0.29, 0.717) is 31.4 Å². The second-order valence-electron chi connectivity index (χ2n) is 12.9. The number of benzene rings is 1. The lowest BCUT2D eigenvalue weighted by Gasteiger charge is -2.44. The highest BCUT2D eigenvalue weighted by atomic mass is 35.5. The van der Waals surface area contributed by atoms with Crippen LogP contribution < -0.4 is 10.1 Å². The molecule has 0 radical (unpaired) electrons. The number of rotatable bonds is 8. The third-order valence-electron chi connectivity index (χ3n) is 9.20. The lowest BCUT2D eigenvalue weighted by Crippen LogP contribution is -2.53. The van der Waals surface area contributed by atoms with Gasteiger partial charge in [-0.15, -0.1) is 0 Å². The number of carbonyl (C=O) groups is 3. The number of carboxylic acids is 1. The van der Waals surface area contributed by atoms with E-state index in [9.17, 15) is 32.7 Å². The van der Waals surface area contributed by atoms with E-state index in [2.05, 4.69) is 24.3 Å². The molecule has 8 nitrogen and oxygen atoms in total. The fraction of sp³-hybridized carbons (Fsp3) is 0.600. The Morgan fingerprint density at radius 1 is 1.05 bits per heavy atom. The highest BCUT2D eigenvalue weighted by molar-refractivity contribution is 6.40. The molecule has 2 fully saturated rings. The number of carboxylic acid groups (broad SMARTS) is 1. The molecule has 4 rings (SSSR count). The number of ether oxygens (including phenoxy) is 1. The van der Waals surface area contributed by atoms with Gasteiger partial charge in [-0.3, -0.25) is 19.1 Å². The smallest absolute Gasteiger partial charge is 0.433 e. The zero-order valence-electron chi connectivity index (χ0n) is 24.5. The van der Waals surface area contributed by atoms with E-state index in [0.717, 1.165) is 10.9 Å². The molecule has 236 valence electrons. The number of hydrogen-bond donors (Lipinski definition) is 2. The standard InChI is InChI=1S/C30H36Cl2F3N3O5/c1-27(2)9-11-29(12-10-27,15-22(39)23-20(31)13-18(43-4)14-21(23)32)37-25(40)19-16-36-38(24(19)30(33,34)35)17-5-7-28(3,8-6-17)26(41)42/h13-14,16-17H,5-12,15H2,1-4H3,(H,37,40)(H,41,42). The van der Waals surface area contributed by atoms with Gasteiger partial charge in [0.25, 0.3) is 5.91 Å². The quantitative estimate of drug-likeness (QED) is 0.284. The van der Waals surface area contributed by atoms with E-state index >= 15 is 0 Å². The number of methoxy groups -OCH3 is 1. The van der Waals surface area contributed by atoms with Crippen LogP contribution in [-0.2, 0) is 11.0 Å². The summed E-state index contributed by atoms with van der Waals surface area (Å²) in [4.78, 5) is 38.9. The Morgan fingerprint density at radius 3 is 2.09 bits per heavy atom. The summed E-state index contributed by atoms with van der Waals surface area (Å²) in [6, 6.07) is 2.19. The fourth-order valence-electron chi connectivity index (χ4n) is 6.18. The Balaban J connectivity index is 1.64. The number of aromatic nitrogens is 2. The summed E-state index contributed by atoms with van der Waals surface area (Å²) in [6.07, 6.45) is -1.54. The molecule has 0 aliphatic heterocycles. The minimum absolute atomic E-state index is 0.0528. The fourth-order valence-corrected chi connectivity index (χ4v) is 6.85. The molecule has 2 aromatic rings. The average Bonchev–Trinajstić information content (AvgIpc) is 3.37. The van der Waals surface area contributed by atoms with E-state index in [1.165, 1.54) is 19.2 Å². The van der Waals surface area contributed by atoms with Crippen molar-refractivity contribution in [2.75, 3.05) is 7.11 Å². The number of halogens is 5. The topological polar surface area (TPSA) is 111 Å². The van der Waals surface area contributed by atoms with Gasteiger partial charge in [0.1, 0.15) is 5.75 Å². The Hall–Kier alpha value is -2.79. The Morgan fingerprint density at radius 2 is 1.60 bits per heavy atom. The first kappa shape index (κ1) is 33.1. The van der Waals surface area contributed by atoms with Crippen LogP contribution in [0.1, 0.15) is 111 Å². The van der Waals surface area contributed by atoms with Crippen LogP contribution >= 0.6 is 23.2 Å². The number of hydrogen-bond acceptors (Lipinski definition) is 5. The molecule has 2 saturated carbocycles. The zero-order valence-corrected chi connectivity index (χ0v) is 26.0. The lowest BCUT2D eigenvalue weighted by atomic mass is 9.67. The minimum atomic E-state index is -4.90. The summed E-state index contributed by atoms with van der Waals surface area (Å²) in [6.45, 7) is 5.70. The van der Waals surface area contributed by atoms with Gasteiger partial charge in [0, 0.05) is 12.0 Å². The van der Waals surface area contributed by atoms with Crippen molar-refractivity contribution in [2.45, 2.75) is 96.3 Å². The number of Topliss-reactive ketones (excluding diaryl/α,β-unsaturated/α-hetero) is 1. The Bertz CT molecular complexity index is 1380. The van der Waals surface area contributed by atoms with Crippen LogP contribution in [0, 0.1) is 10.8 Å². The van der Waals surface area contributed by atoms with Gasteiger partial charge in [-0.1, -0.05) is 37.0 Å². The summed E-state index contributed by atoms with van der Waals surface area (Å²) in [5.74, 6) is -2.07. The van der Waals surface area contributed by atoms with Crippen LogP contribution in [0.25, 0.3) is 0 Å². The Labute approximate surface area is 258 Å². The Kier molecular flexibility index (Phi) is 9.20. The summed E-state index contributed by atoms with van der Waals surface area (Å²) in [5.41, 5.74) is -4.03. The van der Waals surface area contributed by atoms with Crippen LogP contribution in [-0.4, -0.2) is 45.2 Å². The minimum Gasteiger partial charge on any atom is -0.497 e. The maximum atomic E-state index is 14.5. The number of nitrogens with zero attached hydrogens (tertiary/aromatic N) is 2. The van der Waals surface area contributed by atoms with Crippen LogP contribution in [0.2, 0.25) is 10.0 Å². The van der Waals surface area contributed by atoms with Crippen molar-refractivity contribution in [3.63, 3.8) is 0 Å². The summed E-state index contributed by atoms with van der Waals surface area (Å²) in [7, 11) is 1.43. The van der Waals surface area contributed by atoms with Crippen LogP contribution in [0.15, 0.2) is 18.3 Å². The third-order valence-corrected chi connectivity index (χ3v) is 9.79. The molecular formula is C30H36Cl2F3N3O5. The number of amides is 1. The van der Waals surface area contributed by atoms with Gasteiger partial charge in [0.2, 0.25) is 0 Å². The van der Waals surface area contributed by atoms with E-state index in [4.69, 9.17) is 27.9 Å². The van der Waals surface area contributed by atoms with E-state index in [1.54, 1.807) is 6.92 Å². The predicted octanol–water partition coefficient (Wildman–Crippen LogP) is 7.77. The number of alkyl halides is 3. The molecule has 0 saturated heterocycles. The summed E-state index contributed by atoms with van der Waals surface area (Å²) < 4.78 is 49.4. The molecule has 2 aliphatic carbocycles. The molecule has 2 aliphatic rings. The molecule has 1 heterocycles. The van der Waals surface area contributed by atoms with Crippen molar-refractivity contribution in [3.05, 3.63) is 45.2 Å². The molecule has 0 unspecified atom stereocenters. The monoisotopic (exact) mass is 645 g/mol. The highest BCUT2D eigenvalue weighted by Gasteiger charge is 2.47. The molecule has 0 spiro atoms. The lowest BCUT2D eigenvalue weighted by molar-refractivity contribution is -0.152. The van der Waals surface area contributed by atoms with Crippen LogP contribution in [0.3, 0.4) is 0 Å². The first-order chi connectivity index (χ1) is 19.9. The first-order valence-corrected chi connectivity index (χ1v) is 14.9. The van der Waals surface area contributed by atoms with Crippen molar-refractivity contribution in [1.82, 2.24) is 15.1 Å². The molecule has 43 heavy (non-hydrogen) atoms. The van der Waals surface area contributed by atoms with E-state index in [1.807, 2.05) is 0 Å². The van der Waals surface area contributed by atoms with E-state index in [-0.39, 0.29) is 53.1 Å². The number of aliphatic carboxylic acids is 1. The van der Waals surface area contributed by atoms with Crippen molar-refractivity contribution >= 4 is 40.9 Å². The molecular weight excluding hydrogens is 610 g/mol. The van der Waals surface area contributed by atoms with Crippen LogP contribution in [0.5, 0.6) is 5.75 Å². The molecule has 0 bridgehead atoms. The van der Waals surface area contributed by atoms with E-state index < -0.39 is 52.1 Å². The highest BCUT2D eigenvalue weighted by Crippen LogP contribution is 2.45. The predicted molar refractivity (Wildman–Crippen MR) is 155 cm³/mol. The van der Waals surface area contributed by atoms with Crippen molar-refractivity contribution < 1.29 is 37.4 Å². The van der Waals surface area contributed by atoms with Gasteiger partial charge >= 0.3 is 12.1 Å². The van der Waals surface area contributed by atoms with Gasteiger partial charge in [-0.25, -0.2) is 0 Å².